The second kappa shape index (κ2) is 8.14. The van der Waals surface area contributed by atoms with Crippen molar-refractivity contribution in [3.05, 3.63) is 120 Å². The van der Waals surface area contributed by atoms with Crippen molar-refractivity contribution in [1.82, 2.24) is 9.97 Å². The van der Waals surface area contributed by atoms with Crippen LogP contribution in [0.25, 0.3) is 76.9 Å². The number of halogens is 1. The van der Waals surface area contributed by atoms with E-state index in [9.17, 15) is 0 Å². The molecule has 0 aliphatic heterocycles. The van der Waals surface area contributed by atoms with Crippen molar-refractivity contribution in [2.45, 2.75) is 0 Å². The Kier molecular flexibility index (Phi) is 4.58. The molecule has 2 aromatic heterocycles. The molecule has 0 amide bonds. The van der Waals surface area contributed by atoms with Gasteiger partial charge in [-0.3, -0.25) is 0 Å². The summed E-state index contributed by atoms with van der Waals surface area (Å²) in [7, 11) is 0. The van der Waals surface area contributed by atoms with Crippen molar-refractivity contribution in [2.75, 3.05) is 0 Å². The van der Waals surface area contributed by atoms with Gasteiger partial charge in [0.2, 0.25) is 5.71 Å². The third-order valence-electron chi connectivity index (χ3n) is 7.39. The molecule has 38 heavy (non-hydrogen) atoms. The lowest BCUT2D eigenvalue weighted by molar-refractivity contribution is 0.654. The fourth-order valence-electron chi connectivity index (χ4n) is 5.60. The summed E-state index contributed by atoms with van der Waals surface area (Å²) in [5.41, 5.74) is 5.97. The summed E-state index contributed by atoms with van der Waals surface area (Å²) in [5.74, 6) is 0. The van der Waals surface area contributed by atoms with Crippen molar-refractivity contribution in [3.63, 3.8) is 0 Å². The monoisotopic (exact) mass is 506 g/mol. The van der Waals surface area contributed by atoms with Crippen LogP contribution in [0.5, 0.6) is 0 Å². The fraction of sp³-hybridized carbons (Fsp3) is 0. The summed E-state index contributed by atoms with van der Waals surface area (Å²) in [6.45, 7) is 0. The van der Waals surface area contributed by atoms with Gasteiger partial charge in [-0.1, -0.05) is 96.5 Å². The maximum Gasteiger partial charge on any atom is 0.246 e. The van der Waals surface area contributed by atoms with Crippen LogP contribution in [0.4, 0.5) is 0 Å². The summed E-state index contributed by atoms with van der Waals surface area (Å²) in [5, 5.41) is 8.98. The van der Waals surface area contributed by atoms with E-state index in [0.29, 0.717) is 10.7 Å². The van der Waals surface area contributed by atoms with Gasteiger partial charge in [-0.05, 0) is 67.7 Å². The van der Waals surface area contributed by atoms with Crippen LogP contribution in [0, 0.1) is 0 Å². The van der Waals surface area contributed by atoms with Gasteiger partial charge in [0.15, 0.2) is 0 Å². The molecule has 0 atom stereocenters. The van der Waals surface area contributed by atoms with E-state index < -0.39 is 0 Å². The standard InChI is InChI=1S/C34H19ClN2O/c35-24-9-4-7-22(18-24)21-6-3-8-23(17-21)30-19-36-33-32-29-14-13-26-25-10-2-1-5-20(25)11-12-27(26)28(29)15-16-31(32)38-34(33)37-30/h1-19H. The molecule has 0 N–H and O–H groups in total. The van der Waals surface area contributed by atoms with E-state index in [1.807, 2.05) is 42.6 Å². The highest BCUT2D eigenvalue weighted by Gasteiger charge is 2.16. The molecule has 2 heterocycles. The van der Waals surface area contributed by atoms with Crippen LogP contribution in [-0.4, -0.2) is 9.97 Å². The molecule has 0 spiro atoms. The first-order valence-electron chi connectivity index (χ1n) is 12.5. The van der Waals surface area contributed by atoms with Crippen LogP contribution in [0.3, 0.4) is 0 Å². The molecular weight excluding hydrogens is 488 g/mol. The average molecular weight is 507 g/mol. The molecule has 0 saturated heterocycles. The van der Waals surface area contributed by atoms with Gasteiger partial charge < -0.3 is 4.42 Å². The Morgan fingerprint density at radius 2 is 1.29 bits per heavy atom. The molecule has 0 fully saturated rings. The Morgan fingerprint density at radius 3 is 2.21 bits per heavy atom. The number of furan rings is 1. The van der Waals surface area contributed by atoms with E-state index in [1.54, 1.807) is 0 Å². The normalized spacial score (nSPS) is 11.8. The summed E-state index contributed by atoms with van der Waals surface area (Å²) < 4.78 is 6.24. The first-order valence-corrected chi connectivity index (χ1v) is 12.9. The Hall–Kier alpha value is -4.73. The summed E-state index contributed by atoms with van der Waals surface area (Å²) in [4.78, 5) is 9.75. The van der Waals surface area contributed by atoms with E-state index in [-0.39, 0.29) is 0 Å². The molecule has 0 aliphatic rings. The van der Waals surface area contributed by atoms with Gasteiger partial charge in [-0.25, -0.2) is 9.97 Å². The molecule has 8 aromatic rings. The third kappa shape index (κ3) is 3.22. The topological polar surface area (TPSA) is 38.9 Å². The zero-order valence-corrected chi connectivity index (χ0v) is 20.9. The second-order valence-corrected chi connectivity index (χ2v) is 10.0. The highest BCUT2D eigenvalue weighted by Crippen LogP contribution is 2.38. The van der Waals surface area contributed by atoms with E-state index in [0.717, 1.165) is 44.3 Å². The lowest BCUT2D eigenvalue weighted by atomic mass is 9.95. The first-order chi connectivity index (χ1) is 18.7. The maximum absolute atomic E-state index is 6.24. The quantitative estimate of drug-likeness (QED) is 0.219. The van der Waals surface area contributed by atoms with Crippen molar-refractivity contribution in [1.29, 1.82) is 0 Å². The van der Waals surface area contributed by atoms with Crippen LogP contribution in [0.1, 0.15) is 0 Å². The Bertz CT molecular complexity index is 2210. The Morgan fingerprint density at radius 1 is 0.579 bits per heavy atom. The first kappa shape index (κ1) is 21.4. The second-order valence-electron chi connectivity index (χ2n) is 9.58. The molecule has 4 heteroatoms. The minimum absolute atomic E-state index is 0.539. The molecule has 0 saturated carbocycles. The van der Waals surface area contributed by atoms with Crippen LogP contribution >= 0.6 is 11.6 Å². The molecule has 0 unspecified atom stereocenters. The van der Waals surface area contributed by atoms with Crippen LogP contribution < -0.4 is 0 Å². The van der Waals surface area contributed by atoms with Gasteiger partial charge in [0.1, 0.15) is 11.1 Å². The van der Waals surface area contributed by atoms with Gasteiger partial charge in [0.05, 0.1) is 17.3 Å². The SMILES string of the molecule is Clc1cccc(-c2cccc(-c3cnc4c(n3)oc3ccc5c6ccc7ccccc7c6ccc5c34)c2)c1. The minimum Gasteiger partial charge on any atom is -0.436 e. The molecular formula is C34H19ClN2O. The lowest BCUT2D eigenvalue weighted by Crippen LogP contribution is -1.88. The molecule has 6 aromatic carbocycles. The van der Waals surface area contributed by atoms with E-state index >= 15 is 0 Å². The average Bonchev–Trinajstić information content (AvgIpc) is 3.35. The van der Waals surface area contributed by atoms with Gasteiger partial charge in [-0.15, -0.1) is 0 Å². The summed E-state index contributed by atoms with van der Waals surface area (Å²) in [6, 6.07) is 37.6. The Labute approximate surface area is 222 Å². The number of hydrogen-bond acceptors (Lipinski definition) is 3. The molecule has 3 nitrogen and oxygen atoms in total. The molecule has 0 aliphatic carbocycles. The molecule has 8 rings (SSSR count). The third-order valence-corrected chi connectivity index (χ3v) is 7.62. The predicted octanol–water partition coefficient (Wildman–Crippen LogP) is 9.82. The van der Waals surface area contributed by atoms with E-state index in [4.69, 9.17) is 26.0 Å². The van der Waals surface area contributed by atoms with Gasteiger partial charge >= 0.3 is 0 Å². The predicted molar refractivity (Wildman–Crippen MR) is 158 cm³/mol. The van der Waals surface area contributed by atoms with Crippen LogP contribution in [0.2, 0.25) is 5.02 Å². The smallest absolute Gasteiger partial charge is 0.246 e. The number of rotatable bonds is 2. The van der Waals surface area contributed by atoms with Gasteiger partial charge in [-0.2, -0.15) is 0 Å². The van der Waals surface area contributed by atoms with Crippen molar-refractivity contribution in [2.24, 2.45) is 0 Å². The molecule has 0 radical (unpaired) electrons. The van der Waals surface area contributed by atoms with Crippen LogP contribution in [-0.2, 0) is 0 Å². The zero-order chi connectivity index (χ0) is 25.2. The zero-order valence-electron chi connectivity index (χ0n) is 20.2. The molecule has 178 valence electrons. The largest absolute Gasteiger partial charge is 0.436 e. The van der Waals surface area contributed by atoms with E-state index in [1.165, 1.54) is 26.9 Å². The van der Waals surface area contributed by atoms with Crippen molar-refractivity contribution < 1.29 is 4.42 Å². The number of nitrogens with zero attached hydrogens (tertiary/aromatic N) is 2. The maximum atomic E-state index is 6.24. The number of hydrogen-bond donors (Lipinski definition) is 0. The highest BCUT2D eigenvalue weighted by atomic mass is 35.5. The number of aromatic nitrogens is 2. The van der Waals surface area contributed by atoms with Gasteiger partial charge in [0, 0.05) is 10.6 Å². The van der Waals surface area contributed by atoms with E-state index in [2.05, 4.69) is 72.8 Å². The fourth-order valence-corrected chi connectivity index (χ4v) is 5.79. The minimum atomic E-state index is 0.539. The van der Waals surface area contributed by atoms with Crippen molar-refractivity contribution in [3.8, 4) is 22.4 Å². The lowest BCUT2D eigenvalue weighted by Gasteiger charge is -2.08. The number of benzene rings is 6. The number of fused-ring (bicyclic) bond motifs is 9. The van der Waals surface area contributed by atoms with Crippen LogP contribution in [0.15, 0.2) is 120 Å². The Balaban J connectivity index is 1.31. The molecule has 0 bridgehead atoms. The van der Waals surface area contributed by atoms with Gasteiger partial charge in [0.25, 0.3) is 0 Å². The highest BCUT2D eigenvalue weighted by molar-refractivity contribution is 6.30. The summed E-state index contributed by atoms with van der Waals surface area (Å²) in [6.07, 6.45) is 1.84. The van der Waals surface area contributed by atoms with Crippen molar-refractivity contribution >= 4 is 66.1 Å². The summed E-state index contributed by atoms with van der Waals surface area (Å²) >= 11 is 6.22.